The Morgan fingerprint density at radius 2 is 1.95 bits per heavy atom. The normalized spacial score (nSPS) is 11.5. The minimum Gasteiger partial charge on any atom is -0.398 e. The Balaban J connectivity index is 2.14. The monoisotopic (exact) mass is 305 g/mol. The number of pyridine rings is 1. The summed E-state index contributed by atoms with van der Waals surface area (Å²) >= 11 is 0. The first-order chi connectivity index (χ1) is 9.92. The molecule has 5 nitrogen and oxygen atoms in total. The van der Waals surface area contributed by atoms with Gasteiger partial charge in [-0.3, -0.25) is 4.98 Å². The van der Waals surface area contributed by atoms with E-state index in [0.29, 0.717) is 29.8 Å². The molecular weight excluding hydrogens is 286 g/mol. The number of nitrogens with one attached hydrogen (secondary N) is 1. The molecule has 0 saturated carbocycles. The van der Waals surface area contributed by atoms with E-state index in [-0.39, 0.29) is 4.90 Å². The summed E-state index contributed by atoms with van der Waals surface area (Å²) < 4.78 is 27.5. The fraction of sp³-hybridized carbons (Fsp3) is 0.267. The van der Waals surface area contributed by atoms with Crippen LogP contribution in [0.2, 0.25) is 0 Å². The van der Waals surface area contributed by atoms with Gasteiger partial charge in [0, 0.05) is 30.5 Å². The molecule has 1 aromatic carbocycles. The fourth-order valence-electron chi connectivity index (χ4n) is 2.19. The Kier molecular flexibility index (Phi) is 4.59. The number of aryl methyl sites for hydroxylation is 1. The number of sulfonamides is 1. The molecule has 6 heteroatoms. The van der Waals surface area contributed by atoms with Gasteiger partial charge < -0.3 is 5.73 Å². The molecule has 0 unspecified atom stereocenters. The van der Waals surface area contributed by atoms with Crippen LogP contribution >= 0.6 is 0 Å². The van der Waals surface area contributed by atoms with Crippen LogP contribution in [-0.2, 0) is 16.4 Å². The molecule has 0 spiro atoms. The molecule has 2 rings (SSSR count). The van der Waals surface area contributed by atoms with Gasteiger partial charge in [0.2, 0.25) is 10.0 Å². The van der Waals surface area contributed by atoms with Crippen molar-refractivity contribution in [3.05, 3.63) is 53.3 Å². The van der Waals surface area contributed by atoms with E-state index in [9.17, 15) is 8.42 Å². The lowest BCUT2D eigenvalue weighted by Gasteiger charge is -2.13. The maximum Gasteiger partial charge on any atom is 0.241 e. The van der Waals surface area contributed by atoms with E-state index in [2.05, 4.69) is 9.71 Å². The van der Waals surface area contributed by atoms with E-state index >= 15 is 0 Å². The zero-order chi connectivity index (χ0) is 15.5. The van der Waals surface area contributed by atoms with Crippen LogP contribution in [0.25, 0.3) is 0 Å². The van der Waals surface area contributed by atoms with Gasteiger partial charge in [0.05, 0.1) is 4.90 Å². The van der Waals surface area contributed by atoms with Crippen LogP contribution in [0, 0.1) is 13.8 Å². The molecule has 3 N–H and O–H groups in total. The lowest BCUT2D eigenvalue weighted by molar-refractivity contribution is 0.580. The molecular formula is C15H19N3O2S. The van der Waals surface area contributed by atoms with Crippen molar-refractivity contribution in [2.45, 2.75) is 25.2 Å². The Labute approximate surface area is 125 Å². The number of rotatable bonds is 5. The van der Waals surface area contributed by atoms with Crippen molar-refractivity contribution in [3.63, 3.8) is 0 Å². The number of anilines is 1. The Hall–Kier alpha value is -1.92. The van der Waals surface area contributed by atoms with Gasteiger partial charge in [0.15, 0.2) is 0 Å². The van der Waals surface area contributed by atoms with Gasteiger partial charge in [-0.25, -0.2) is 13.1 Å². The van der Waals surface area contributed by atoms with Gasteiger partial charge in [-0.05, 0) is 43.2 Å². The second-order valence-corrected chi connectivity index (χ2v) is 6.60. The fourth-order valence-corrected chi connectivity index (χ4v) is 3.72. The van der Waals surface area contributed by atoms with E-state index in [0.717, 1.165) is 5.69 Å². The number of benzene rings is 1. The predicted molar refractivity (Wildman–Crippen MR) is 83.5 cm³/mol. The molecule has 0 aliphatic heterocycles. The highest BCUT2D eigenvalue weighted by Crippen LogP contribution is 2.24. The van der Waals surface area contributed by atoms with E-state index in [1.807, 2.05) is 18.2 Å². The maximum absolute atomic E-state index is 12.4. The molecule has 1 aromatic heterocycles. The molecule has 2 aromatic rings. The Morgan fingerprint density at radius 1 is 1.19 bits per heavy atom. The topological polar surface area (TPSA) is 85.1 Å². The first kappa shape index (κ1) is 15.5. The number of nitrogen functional groups attached to an aromatic ring is 1. The van der Waals surface area contributed by atoms with Crippen LogP contribution in [0.5, 0.6) is 0 Å². The quantitative estimate of drug-likeness (QED) is 0.825. The highest BCUT2D eigenvalue weighted by atomic mass is 32.2. The SMILES string of the molecule is Cc1ccc(N)c(C)c1S(=O)(=O)NCCc1ccccn1. The number of nitrogens with zero attached hydrogens (tertiary/aromatic N) is 1. The van der Waals surface area contributed by atoms with Gasteiger partial charge in [-0.2, -0.15) is 0 Å². The van der Waals surface area contributed by atoms with Crippen LogP contribution < -0.4 is 10.5 Å². The van der Waals surface area contributed by atoms with Crippen molar-refractivity contribution >= 4 is 15.7 Å². The summed E-state index contributed by atoms with van der Waals surface area (Å²) in [5.41, 5.74) is 8.40. The minimum absolute atomic E-state index is 0.267. The first-order valence-electron chi connectivity index (χ1n) is 6.67. The number of nitrogens with two attached hydrogens (primary N) is 1. The number of hydrogen-bond donors (Lipinski definition) is 2. The molecule has 0 amide bonds. The molecule has 21 heavy (non-hydrogen) atoms. The zero-order valence-electron chi connectivity index (χ0n) is 12.1. The van der Waals surface area contributed by atoms with Crippen molar-refractivity contribution in [2.75, 3.05) is 12.3 Å². The van der Waals surface area contributed by atoms with Crippen LogP contribution in [0.1, 0.15) is 16.8 Å². The highest BCUT2D eigenvalue weighted by Gasteiger charge is 2.20. The van der Waals surface area contributed by atoms with Crippen molar-refractivity contribution < 1.29 is 8.42 Å². The minimum atomic E-state index is -3.57. The third-order valence-electron chi connectivity index (χ3n) is 3.31. The average Bonchev–Trinajstić information content (AvgIpc) is 2.44. The van der Waals surface area contributed by atoms with Crippen molar-refractivity contribution in [2.24, 2.45) is 0 Å². The highest BCUT2D eigenvalue weighted by molar-refractivity contribution is 7.89. The smallest absolute Gasteiger partial charge is 0.241 e. The standard InChI is InChI=1S/C15H19N3O2S/c1-11-6-7-14(16)12(2)15(11)21(19,20)18-10-8-13-5-3-4-9-17-13/h3-7,9,18H,8,10,16H2,1-2H3. The van der Waals surface area contributed by atoms with Crippen LogP contribution in [0.15, 0.2) is 41.4 Å². The molecule has 0 atom stereocenters. The van der Waals surface area contributed by atoms with Crippen LogP contribution in [0.4, 0.5) is 5.69 Å². The van der Waals surface area contributed by atoms with Gasteiger partial charge in [0.1, 0.15) is 0 Å². The van der Waals surface area contributed by atoms with E-state index in [1.165, 1.54) is 0 Å². The molecule has 0 aliphatic rings. The molecule has 112 valence electrons. The third kappa shape index (κ3) is 3.59. The summed E-state index contributed by atoms with van der Waals surface area (Å²) in [7, 11) is -3.57. The molecule has 0 bridgehead atoms. The third-order valence-corrected chi connectivity index (χ3v) is 5.06. The second-order valence-electron chi connectivity index (χ2n) is 4.89. The van der Waals surface area contributed by atoms with Gasteiger partial charge in [-0.1, -0.05) is 12.1 Å². The van der Waals surface area contributed by atoms with Gasteiger partial charge in [-0.15, -0.1) is 0 Å². The van der Waals surface area contributed by atoms with Crippen LogP contribution in [-0.4, -0.2) is 19.9 Å². The first-order valence-corrected chi connectivity index (χ1v) is 8.15. The largest absolute Gasteiger partial charge is 0.398 e. The molecule has 0 saturated heterocycles. The second kappa shape index (κ2) is 6.24. The van der Waals surface area contributed by atoms with E-state index in [1.54, 1.807) is 32.2 Å². The van der Waals surface area contributed by atoms with Crippen molar-refractivity contribution in [1.82, 2.24) is 9.71 Å². The summed E-state index contributed by atoms with van der Waals surface area (Å²) in [4.78, 5) is 4.43. The van der Waals surface area contributed by atoms with Gasteiger partial charge in [0.25, 0.3) is 0 Å². The lowest BCUT2D eigenvalue weighted by atomic mass is 10.1. The average molecular weight is 305 g/mol. The van der Waals surface area contributed by atoms with Crippen LogP contribution in [0.3, 0.4) is 0 Å². The summed E-state index contributed by atoms with van der Waals surface area (Å²) in [5, 5.41) is 0. The Morgan fingerprint density at radius 3 is 2.62 bits per heavy atom. The number of hydrogen-bond acceptors (Lipinski definition) is 4. The summed E-state index contributed by atoms with van der Waals surface area (Å²) in [6.07, 6.45) is 2.23. The maximum atomic E-state index is 12.4. The van der Waals surface area contributed by atoms with Crippen molar-refractivity contribution in [3.8, 4) is 0 Å². The lowest BCUT2D eigenvalue weighted by Crippen LogP contribution is -2.27. The molecule has 0 aliphatic carbocycles. The van der Waals surface area contributed by atoms with Gasteiger partial charge >= 0.3 is 0 Å². The molecule has 0 fully saturated rings. The number of aromatic nitrogens is 1. The summed E-state index contributed by atoms with van der Waals surface area (Å²) in [6.45, 7) is 3.78. The van der Waals surface area contributed by atoms with E-state index in [4.69, 9.17) is 5.73 Å². The van der Waals surface area contributed by atoms with E-state index < -0.39 is 10.0 Å². The molecule has 0 radical (unpaired) electrons. The zero-order valence-corrected chi connectivity index (χ0v) is 12.9. The molecule has 1 heterocycles. The summed E-state index contributed by atoms with van der Waals surface area (Å²) in [6, 6.07) is 9.01. The van der Waals surface area contributed by atoms with Crippen molar-refractivity contribution in [1.29, 1.82) is 0 Å². The Bertz CT molecular complexity index is 728. The summed E-state index contributed by atoms with van der Waals surface area (Å²) in [5.74, 6) is 0. The predicted octanol–water partition coefficient (Wildman–Crippen LogP) is 1.80.